The third-order valence-electron chi connectivity index (χ3n) is 4.90. The van der Waals surface area contributed by atoms with Crippen molar-refractivity contribution >= 4 is 27.5 Å². The van der Waals surface area contributed by atoms with Gasteiger partial charge >= 0.3 is 0 Å². The van der Waals surface area contributed by atoms with Crippen molar-refractivity contribution in [1.29, 1.82) is 0 Å². The second-order valence-electron chi connectivity index (χ2n) is 8.22. The van der Waals surface area contributed by atoms with Gasteiger partial charge in [0.25, 0.3) is 0 Å². The molecule has 0 fully saturated rings. The molecule has 0 aliphatic carbocycles. The molecule has 0 aliphatic rings. The number of benzene rings is 2. The number of carbonyl (C=O) groups excluding carboxylic acids is 2. The van der Waals surface area contributed by atoms with Crippen LogP contribution < -0.4 is 9.62 Å². The molecule has 0 heterocycles. The Bertz CT molecular complexity index is 1120. The third kappa shape index (κ3) is 7.24. The molecule has 0 saturated carbocycles. The van der Waals surface area contributed by atoms with Crippen LogP contribution >= 0.6 is 0 Å². The van der Waals surface area contributed by atoms with Crippen molar-refractivity contribution in [1.82, 2.24) is 10.2 Å². The number of nitrogens with zero attached hydrogens (tertiary/aromatic N) is 2. The average Bonchev–Trinajstić information content (AvgIpc) is 2.70. The molecule has 1 unspecified atom stereocenters. The minimum absolute atomic E-state index is 0.0581. The van der Waals surface area contributed by atoms with Gasteiger partial charge in [0.2, 0.25) is 21.8 Å². The molecular weight excluding hydrogens is 452 g/mol. The van der Waals surface area contributed by atoms with Crippen molar-refractivity contribution in [2.75, 3.05) is 17.1 Å². The van der Waals surface area contributed by atoms with Gasteiger partial charge in [0.1, 0.15) is 12.6 Å². The Hall–Kier alpha value is -3.01. The van der Waals surface area contributed by atoms with Crippen molar-refractivity contribution in [3.8, 4) is 0 Å². The Morgan fingerprint density at radius 2 is 1.70 bits per heavy atom. The highest BCUT2D eigenvalue weighted by Crippen LogP contribution is 2.21. The first-order valence-corrected chi connectivity index (χ1v) is 12.2. The summed E-state index contributed by atoms with van der Waals surface area (Å²) in [6.07, 6.45) is 0.862. The normalized spacial score (nSPS) is 12.4. The maximum atomic E-state index is 13.8. The summed E-state index contributed by atoms with van der Waals surface area (Å²) in [5.74, 6) is -3.45. The molecule has 33 heavy (non-hydrogen) atoms. The van der Waals surface area contributed by atoms with Crippen LogP contribution in [0.1, 0.15) is 31.9 Å². The van der Waals surface area contributed by atoms with E-state index in [9.17, 15) is 26.8 Å². The average molecular weight is 482 g/mol. The van der Waals surface area contributed by atoms with Crippen LogP contribution in [0.5, 0.6) is 0 Å². The Labute approximate surface area is 193 Å². The van der Waals surface area contributed by atoms with E-state index in [1.807, 2.05) is 25.1 Å². The number of nitrogens with one attached hydrogen (secondary N) is 1. The molecule has 2 rings (SSSR count). The number of rotatable bonds is 9. The summed E-state index contributed by atoms with van der Waals surface area (Å²) in [5, 5.41) is 2.75. The van der Waals surface area contributed by atoms with Crippen LogP contribution in [0.15, 0.2) is 42.5 Å². The summed E-state index contributed by atoms with van der Waals surface area (Å²) in [7, 11) is -4.02. The van der Waals surface area contributed by atoms with Crippen molar-refractivity contribution < 1.29 is 26.8 Å². The minimum atomic E-state index is -4.02. The molecule has 1 atom stereocenters. The van der Waals surface area contributed by atoms with Gasteiger partial charge in [-0.1, -0.05) is 29.8 Å². The van der Waals surface area contributed by atoms with E-state index < -0.39 is 46.1 Å². The van der Waals surface area contributed by atoms with E-state index in [0.717, 1.165) is 29.5 Å². The molecule has 2 aromatic rings. The highest BCUT2D eigenvalue weighted by Gasteiger charge is 2.30. The van der Waals surface area contributed by atoms with Gasteiger partial charge in [-0.05, 0) is 45.4 Å². The van der Waals surface area contributed by atoms with E-state index in [2.05, 4.69) is 5.32 Å². The molecule has 0 saturated heterocycles. The second-order valence-corrected chi connectivity index (χ2v) is 10.1. The van der Waals surface area contributed by atoms with Gasteiger partial charge in [0, 0.05) is 18.7 Å². The number of amides is 2. The van der Waals surface area contributed by atoms with Crippen LogP contribution in [0.25, 0.3) is 0 Å². The molecule has 0 aliphatic heterocycles. The molecule has 7 nitrogen and oxygen atoms in total. The van der Waals surface area contributed by atoms with E-state index >= 15 is 0 Å². The number of sulfonamides is 1. The molecule has 2 aromatic carbocycles. The van der Waals surface area contributed by atoms with E-state index in [0.29, 0.717) is 10.4 Å². The maximum Gasteiger partial charge on any atom is 0.244 e. The fourth-order valence-electron chi connectivity index (χ4n) is 3.25. The number of hydrogen-bond donors (Lipinski definition) is 1. The summed E-state index contributed by atoms with van der Waals surface area (Å²) in [4.78, 5) is 27.3. The van der Waals surface area contributed by atoms with E-state index in [-0.39, 0.29) is 18.3 Å². The highest BCUT2D eigenvalue weighted by atomic mass is 32.2. The van der Waals surface area contributed by atoms with Crippen LogP contribution in [0.3, 0.4) is 0 Å². The van der Waals surface area contributed by atoms with Gasteiger partial charge in [-0.25, -0.2) is 17.2 Å². The van der Waals surface area contributed by atoms with Crippen LogP contribution in [0, 0.1) is 18.6 Å². The van der Waals surface area contributed by atoms with Crippen molar-refractivity contribution in [2.45, 2.75) is 46.3 Å². The molecule has 1 N–H and O–H groups in total. The molecule has 10 heteroatoms. The maximum absolute atomic E-state index is 13.8. The van der Waals surface area contributed by atoms with Gasteiger partial charge in [-0.15, -0.1) is 0 Å². The molecule has 0 radical (unpaired) electrons. The Balaban J connectivity index is 2.41. The highest BCUT2D eigenvalue weighted by molar-refractivity contribution is 7.92. The summed E-state index contributed by atoms with van der Waals surface area (Å²) in [6, 6.07) is 8.86. The number of anilines is 1. The first-order valence-electron chi connectivity index (χ1n) is 10.4. The number of hydrogen-bond acceptors (Lipinski definition) is 4. The Morgan fingerprint density at radius 3 is 2.24 bits per heavy atom. The van der Waals surface area contributed by atoms with Gasteiger partial charge < -0.3 is 10.2 Å². The molecular formula is C23H29F2N3O4S. The zero-order valence-electron chi connectivity index (χ0n) is 19.3. The molecule has 180 valence electrons. The number of carbonyl (C=O) groups is 2. The standard InChI is InChI=1S/C23H29F2N3O4S/c1-15(2)26-23(30)17(4)27(13-18-8-6-7-16(3)11-18)22(29)14-28(33(5,31)32)19-9-10-20(24)21(25)12-19/h6-12,15,17H,13-14H2,1-5H3,(H,26,30). The smallest absolute Gasteiger partial charge is 0.244 e. The fraction of sp³-hybridized carbons (Fsp3) is 0.391. The monoisotopic (exact) mass is 481 g/mol. The first kappa shape index (κ1) is 26.2. The van der Waals surface area contributed by atoms with Gasteiger partial charge in [-0.3, -0.25) is 13.9 Å². The first-order chi connectivity index (χ1) is 15.3. The van der Waals surface area contributed by atoms with Crippen LogP contribution in [-0.4, -0.2) is 50.0 Å². The zero-order chi connectivity index (χ0) is 24.9. The SMILES string of the molecule is Cc1cccc(CN(C(=O)CN(c2ccc(F)c(F)c2)S(C)(=O)=O)C(C)C(=O)NC(C)C)c1. The van der Waals surface area contributed by atoms with Crippen molar-refractivity contribution in [2.24, 2.45) is 0 Å². The molecule has 0 aromatic heterocycles. The third-order valence-corrected chi connectivity index (χ3v) is 6.04. The lowest BCUT2D eigenvalue weighted by Gasteiger charge is -2.32. The van der Waals surface area contributed by atoms with Crippen LogP contribution in [0.2, 0.25) is 0 Å². The summed E-state index contributed by atoms with van der Waals surface area (Å²) in [5.41, 5.74) is 1.52. The Morgan fingerprint density at radius 1 is 1.03 bits per heavy atom. The predicted octanol–water partition coefficient (Wildman–Crippen LogP) is 2.98. The van der Waals surface area contributed by atoms with Crippen LogP contribution in [-0.2, 0) is 26.2 Å². The second kappa shape index (κ2) is 10.7. The largest absolute Gasteiger partial charge is 0.352 e. The minimum Gasteiger partial charge on any atom is -0.352 e. The summed E-state index contributed by atoms with van der Waals surface area (Å²) >= 11 is 0. The van der Waals surface area contributed by atoms with Crippen molar-refractivity contribution in [3.05, 3.63) is 65.2 Å². The zero-order valence-corrected chi connectivity index (χ0v) is 20.1. The predicted molar refractivity (Wildman–Crippen MR) is 123 cm³/mol. The van der Waals surface area contributed by atoms with E-state index in [1.54, 1.807) is 26.8 Å². The lowest BCUT2D eigenvalue weighted by molar-refractivity contribution is -0.139. The van der Waals surface area contributed by atoms with E-state index in [1.165, 1.54) is 4.90 Å². The topological polar surface area (TPSA) is 86.8 Å². The van der Waals surface area contributed by atoms with Gasteiger partial charge in [0.05, 0.1) is 11.9 Å². The van der Waals surface area contributed by atoms with Gasteiger partial charge in [-0.2, -0.15) is 0 Å². The van der Waals surface area contributed by atoms with Gasteiger partial charge in [0.15, 0.2) is 11.6 Å². The number of aryl methyl sites for hydroxylation is 1. The Kier molecular flexibility index (Phi) is 8.54. The molecule has 2 amide bonds. The molecule has 0 bridgehead atoms. The van der Waals surface area contributed by atoms with Crippen molar-refractivity contribution in [3.63, 3.8) is 0 Å². The molecule has 0 spiro atoms. The lowest BCUT2D eigenvalue weighted by atomic mass is 10.1. The van der Waals surface area contributed by atoms with Crippen LogP contribution in [0.4, 0.5) is 14.5 Å². The lowest BCUT2D eigenvalue weighted by Crippen LogP contribution is -2.52. The quantitative estimate of drug-likeness (QED) is 0.597. The summed E-state index contributed by atoms with van der Waals surface area (Å²) < 4.78 is 52.6. The summed E-state index contributed by atoms with van der Waals surface area (Å²) in [6.45, 7) is 6.38. The number of halogens is 2. The fourth-order valence-corrected chi connectivity index (χ4v) is 4.09. The van der Waals surface area contributed by atoms with E-state index in [4.69, 9.17) is 0 Å².